The van der Waals surface area contributed by atoms with E-state index in [1.165, 1.54) is 48.5 Å². The van der Waals surface area contributed by atoms with Gasteiger partial charge in [0.1, 0.15) is 11.2 Å². The van der Waals surface area contributed by atoms with E-state index in [9.17, 15) is 35.9 Å². The fourth-order valence-corrected chi connectivity index (χ4v) is 9.57. The molecule has 1 saturated heterocycles. The van der Waals surface area contributed by atoms with Crippen LogP contribution in [0.5, 0.6) is 0 Å². The van der Waals surface area contributed by atoms with Crippen molar-refractivity contribution >= 4 is 145 Å². The number of nitrogens with one attached hydrogen (secondary N) is 2. The number of carbonyl (C=O) groups is 2. The number of carbonyl (C=O) groups excluding carboxylic acids is 2. The summed E-state index contributed by atoms with van der Waals surface area (Å²) in [6.07, 6.45) is 0.177. The Kier molecular flexibility index (Phi) is 47.4. The number of anilines is 4. The van der Waals surface area contributed by atoms with Gasteiger partial charge in [0.15, 0.2) is 43.2 Å². The molecule has 0 atom stereocenters. The number of benzene rings is 6. The SMILES string of the molecule is C.C1CO1.CC(C)(C)OC(=O)Nc1c(CCO)ccc(Cl)c1F.CC(C)(C)OC(=O)Nc1cccc(Cl)c1F.CC(C)(C)[Si](C)(C)OCCc1ccc(Cl)c(F)c1Br.Nc1c(CCO)ccc(Cl)c1F.Nc1cccc(Cl)c1F.O=N[O-].OCCc1ccc(Cl)c(F)c1Br.[Na+]. The fourth-order valence-electron chi connectivity index (χ4n) is 6.21. The zero-order valence-electron chi connectivity index (χ0n) is 53.7. The van der Waals surface area contributed by atoms with E-state index in [1.54, 1.807) is 71.9 Å². The molecule has 2 amide bonds. The first kappa shape index (κ1) is 95.3. The van der Waals surface area contributed by atoms with Gasteiger partial charge in [-0.15, -0.1) is 5.34 Å². The monoisotopic (exact) mass is 1620 g/mol. The Morgan fingerprint density at radius 3 is 1.32 bits per heavy atom. The van der Waals surface area contributed by atoms with Crippen LogP contribution < -0.4 is 51.7 Å². The molecule has 0 saturated carbocycles. The molecule has 16 nitrogen and oxygen atoms in total. The molecule has 6 aromatic rings. The van der Waals surface area contributed by atoms with Crippen molar-refractivity contribution in [3.8, 4) is 0 Å². The molecule has 0 aromatic heterocycles. The Morgan fingerprint density at radius 2 is 0.916 bits per heavy atom. The average Bonchev–Trinajstić information content (AvgIpc) is 1.26. The molecule has 32 heteroatoms. The van der Waals surface area contributed by atoms with Crippen LogP contribution in [-0.2, 0) is 44.3 Å². The Balaban J connectivity index is -0.00000106. The molecule has 95 heavy (non-hydrogen) atoms. The van der Waals surface area contributed by atoms with E-state index < -0.39 is 66.6 Å². The summed E-state index contributed by atoms with van der Waals surface area (Å²) in [4.78, 5) is 31.0. The maximum atomic E-state index is 13.9. The molecule has 9 N–H and O–H groups in total. The summed E-state index contributed by atoms with van der Waals surface area (Å²) in [7, 11) is -1.74. The topological polar surface area (TPSA) is 264 Å². The van der Waals surface area contributed by atoms with Gasteiger partial charge < -0.3 is 55.5 Å². The number of epoxide rings is 1. The Hall–Kier alpha value is -3.84. The summed E-state index contributed by atoms with van der Waals surface area (Å²) in [6.45, 7) is 23.7. The molecule has 1 aliphatic heterocycles. The van der Waals surface area contributed by atoms with Crippen molar-refractivity contribution in [1.29, 1.82) is 0 Å². The number of nitrogens with zero attached hydrogens (tertiary/aromatic N) is 1. The van der Waals surface area contributed by atoms with Gasteiger partial charge in [0.2, 0.25) is 0 Å². The third kappa shape index (κ3) is 37.8. The second-order valence-electron chi connectivity index (χ2n) is 22.5. The van der Waals surface area contributed by atoms with Crippen LogP contribution in [0.25, 0.3) is 0 Å². The Morgan fingerprint density at radius 1 is 0.568 bits per heavy atom. The van der Waals surface area contributed by atoms with Crippen LogP contribution in [0, 0.1) is 45.0 Å². The number of halogens is 14. The summed E-state index contributed by atoms with van der Waals surface area (Å²) in [5.41, 5.74) is 12.0. The second-order valence-corrected chi connectivity index (χ2v) is 31.3. The van der Waals surface area contributed by atoms with E-state index in [1.807, 2.05) is 6.07 Å². The van der Waals surface area contributed by atoms with Crippen LogP contribution >= 0.6 is 101 Å². The number of aliphatic hydroxyl groups excluding tert-OH is 3. The molecule has 0 aliphatic carbocycles. The fraction of sp³-hybridized carbons (Fsp3) is 0.397. The van der Waals surface area contributed by atoms with Crippen LogP contribution in [0.1, 0.15) is 92.0 Å². The van der Waals surface area contributed by atoms with Crippen molar-refractivity contribution in [2.75, 3.05) is 61.7 Å². The number of nitrogens with two attached hydrogens (primary N) is 2. The Bertz CT molecular complexity index is 3260. The summed E-state index contributed by atoms with van der Waals surface area (Å²) in [5.74, 6) is -3.43. The molecule has 7 rings (SSSR count). The summed E-state index contributed by atoms with van der Waals surface area (Å²) >= 11 is 39.6. The number of rotatable bonds is 12. The van der Waals surface area contributed by atoms with E-state index in [0.29, 0.717) is 45.9 Å². The first-order valence-electron chi connectivity index (χ1n) is 27.6. The van der Waals surface area contributed by atoms with E-state index in [-0.39, 0.29) is 121 Å². The minimum absolute atomic E-state index is 0. The van der Waals surface area contributed by atoms with Gasteiger partial charge in [-0.3, -0.25) is 10.6 Å². The van der Waals surface area contributed by atoms with Gasteiger partial charge in [-0.2, -0.15) is 0 Å². The molecule has 0 radical (unpaired) electrons. The van der Waals surface area contributed by atoms with Gasteiger partial charge in [-0.1, -0.05) is 134 Å². The molecule has 526 valence electrons. The normalized spacial score (nSPS) is 11.1. The van der Waals surface area contributed by atoms with E-state index in [2.05, 4.69) is 81.1 Å². The molecular weight excluding hydrogens is 1540 g/mol. The number of hydrogen-bond acceptors (Lipinski definition) is 14. The minimum atomic E-state index is -1.74. The van der Waals surface area contributed by atoms with Crippen LogP contribution in [-0.4, -0.2) is 86.7 Å². The van der Waals surface area contributed by atoms with Crippen molar-refractivity contribution in [3.63, 3.8) is 0 Å². The number of nitrogen functional groups attached to an aromatic ring is 2. The van der Waals surface area contributed by atoms with E-state index in [0.717, 1.165) is 29.7 Å². The summed E-state index contributed by atoms with van der Waals surface area (Å²) in [6, 6.07) is 21.4. The second kappa shape index (κ2) is 47.2. The third-order valence-electron chi connectivity index (χ3n) is 11.8. The predicted molar refractivity (Wildman–Crippen MR) is 378 cm³/mol. The quantitative estimate of drug-likeness (QED) is 0.0114. The van der Waals surface area contributed by atoms with Crippen molar-refractivity contribution < 1.29 is 99.4 Å². The maximum Gasteiger partial charge on any atom is 1.00 e. The summed E-state index contributed by atoms with van der Waals surface area (Å²) < 4.78 is 101. The number of amides is 2. The van der Waals surface area contributed by atoms with Crippen LogP contribution in [0.3, 0.4) is 0 Å². The van der Waals surface area contributed by atoms with Gasteiger partial charge in [0.25, 0.3) is 0 Å². The van der Waals surface area contributed by atoms with Crippen molar-refractivity contribution in [3.05, 3.63) is 191 Å². The van der Waals surface area contributed by atoms with Crippen molar-refractivity contribution in [1.82, 2.24) is 0 Å². The average molecular weight is 1620 g/mol. The molecule has 0 unspecified atom stereocenters. The molecular formula is C63H80Br2Cl6F6N5NaO11Si. The largest absolute Gasteiger partial charge is 1.00 e. The van der Waals surface area contributed by atoms with Crippen LogP contribution in [0.15, 0.2) is 99.2 Å². The molecule has 1 aliphatic rings. The van der Waals surface area contributed by atoms with E-state index >= 15 is 0 Å². The van der Waals surface area contributed by atoms with Crippen molar-refractivity contribution in [2.24, 2.45) is 5.34 Å². The number of hydrogen-bond donors (Lipinski definition) is 7. The van der Waals surface area contributed by atoms with Gasteiger partial charge in [0.05, 0.1) is 75.0 Å². The van der Waals surface area contributed by atoms with Gasteiger partial charge >= 0.3 is 41.7 Å². The smallest absolute Gasteiger partial charge is 0.444 e. The standard InChI is InChI=1S/C14H21BrClFOSi.C13H17ClFNO3.C11H13ClFNO2.C8H7BrClFO.C8H9ClFNO.C6H5ClFN.C2H4O.CH4.HNO2.Na/c1-14(2,3)19(4,5)18-9-8-10-6-7-11(16)13(17)12(10)15;1-13(2,3)19-12(18)16-11-8(6-7-17)4-5-9(14)10(11)15;1-11(2,3)16-10(15)14-8-6-4-5-7(12)9(8)13;9-7-5(3-4-12)1-2-6(10)8(7)11;9-6-2-1-5(3-4-12)8(11)7(6)10;7-4-2-1-3-5(9)6(4)8;1-2-3-1;;2-1-3;/h6-7H,8-9H2,1-5H3;4-5,17H,6-7H2,1-3H3,(H,16,18);4-6H,1-3H3,(H,14,15);1-2,12H,3-4H2;1-2,12H,3-4,11H2;1-3H,9H2;1-2H2;1H4;(H,2,3);/q;;;;;;;;;+1/p-1. The first-order valence-corrected chi connectivity index (χ1v) is 34.4. The number of ether oxygens (including phenoxy) is 3. The third-order valence-corrected chi connectivity index (χ3v) is 19.8. The molecule has 1 fully saturated rings. The molecule has 0 spiro atoms. The Labute approximate surface area is 621 Å². The minimum Gasteiger partial charge on any atom is -0.444 e. The zero-order valence-corrected chi connectivity index (χ0v) is 64.4. The first-order chi connectivity index (χ1) is 43.1. The van der Waals surface area contributed by atoms with Gasteiger partial charge in [0, 0.05) is 26.4 Å². The zero-order chi connectivity index (χ0) is 71.8. The molecule has 1 heterocycles. The van der Waals surface area contributed by atoms with Crippen molar-refractivity contribution in [2.45, 2.75) is 125 Å². The molecule has 6 aromatic carbocycles. The van der Waals surface area contributed by atoms with Gasteiger partial charge in [-0.25, -0.2) is 35.9 Å². The van der Waals surface area contributed by atoms with Gasteiger partial charge in [-0.05, 0) is 188 Å². The van der Waals surface area contributed by atoms with Crippen LogP contribution in [0.2, 0.25) is 48.3 Å². The maximum absolute atomic E-state index is 13.9. The number of aliphatic hydroxyl groups is 3. The van der Waals surface area contributed by atoms with E-state index in [4.69, 9.17) is 120 Å². The predicted octanol–water partition coefficient (Wildman–Crippen LogP) is 17.3. The summed E-state index contributed by atoms with van der Waals surface area (Å²) in [5, 5.41) is 40.1. The molecule has 0 bridgehead atoms. The van der Waals surface area contributed by atoms with Crippen LogP contribution in [0.4, 0.5) is 58.7 Å².